The molecule has 0 saturated carbocycles. The maximum Gasteiger partial charge on any atom is 0.269 e. The standard InChI is InChI=1S/C22H18N4O4/c1-14-11-16(15(2)25(14)19-5-7-20(8-6-19)26(29)30)12-17(13-23)22(28)24-18-3-9-21(27)10-4-18/h3-12,27H,1-2H3,(H,24,28)/b17-12+. The number of nitrogens with zero attached hydrogens (tertiary/aromatic N) is 3. The molecule has 1 heterocycles. The minimum atomic E-state index is -0.566. The summed E-state index contributed by atoms with van der Waals surface area (Å²) in [6.07, 6.45) is 1.50. The molecule has 0 unspecified atom stereocenters. The van der Waals surface area contributed by atoms with Crippen molar-refractivity contribution in [3.63, 3.8) is 0 Å². The topological polar surface area (TPSA) is 121 Å². The first-order valence-corrected chi connectivity index (χ1v) is 8.96. The molecule has 0 radical (unpaired) electrons. The van der Waals surface area contributed by atoms with Gasteiger partial charge in [0, 0.05) is 34.9 Å². The van der Waals surface area contributed by atoms with Crippen LogP contribution in [0, 0.1) is 35.3 Å². The molecule has 8 nitrogen and oxygen atoms in total. The van der Waals surface area contributed by atoms with Crippen molar-refractivity contribution in [1.82, 2.24) is 4.57 Å². The summed E-state index contributed by atoms with van der Waals surface area (Å²) in [5.41, 5.74) is 3.43. The van der Waals surface area contributed by atoms with E-state index in [9.17, 15) is 25.3 Å². The van der Waals surface area contributed by atoms with E-state index in [2.05, 4.69) is 5.32 Å². The van der Waals surface area contributed by atoms with Gasteiger partial charge in [-0.05, 0) is 68.0 Å². The number of phenols is 1. The highest BCUT2D eigenvalue weighted by atomic mass is 16.6. The molecule has 0 aliphatic heterocycles. The Morgan fingerprint density at radius 3 is 2.37 bits per heavy atom. The molecule has 2 aromatic carbocycles. The molecule has 1 amide bonds. The number of nitro benzene ring substituents is 1. The number of amides is 1. The number of nitrogens with one attached hydrogen (secondary N) is 1. The Morgan fingerprint density at radius 1 is 1.17 bits per heavy atom. The number of carbonyl (C=O) groups excluding carboxylic acids is 1. The van der Waals surface area contributed by atoms with Crippen LogP contribution < -0.4 is 5.32 Å². The second-order valence-electron chi connectivity index (χ2n) is 6.61. The summed E-state index contributed by atoms with van der Waals surface area (Å²) < 4.78 is 1.89. The van der Waals surface area contributed by atoms with Gasteiger partial charge < -0.3 is 15.0 Å². The lowest BCUT2D eigenvalue weighted by Crippen LogP contribution is -2.13. The summed E-state index contributed by atoms with van der Waals surface area (Å²) in [5, 5.41) is 32.3. The van der Waals surface area contributed by atoms with Gasteiger partial charge >= 0.3 is 0 Å². The number of aromatic nitrogens is 1. The Labute approximate surface area is 172 Å². The van der Waals surface area contributed by atoms with Gasteiger partial charge in [-0.2, -0.15) is 5.26 Å². The molecule has 0 aliphatic rings. The molecular formula is C22H18N4O4. The van der Waals surface area contributed by atoms with Gasteiger partial charge in [0.1, 0.15) is 17.4 Å². The van der Waals surface area contributed by atoms with E-state index in [4.69, 9.17) is 0 Å². The van der Waals surface area contributed by atoms with Crippen LogP contribution in [0.4, 0.5) is 11.4 Å². The summed E-state index contributed by atoms with van der Waals surface area (Å²) in [6, 6.07) is 15.8. The number of rotatable bonds is 5. The molecule has 150 valence electrons. The van der Waals surface area contributed by atoms with Crippen molar-refractivity contribution in [2.45, 2.75) is 13.8 Å². The minimum Gasteiger partial charge on any atom is -0.508 e. The maximum atomic E-state index is 12.5. The van der Waals surface area contributed by atoms with E-state index in [1.54, 1.807) is 12.1 Å². The molecule has 0 fully saturated rings. The van der Waals surface area contributed by atoms with Gasteiger partial charge in [-0.15, -0.1) is 0 Å². The molecule has 0 aliphatic carbocycles. The number of aromatic hydroxyl groups is 1. The van der Waals surface area contributed by atoms with Crippen molar-refractivity contribution in [2.24, 2.45) is 0 Å². The number of hydrogen-bond acceptors (Lipinski definition) is 5. The summed E-state index contributed by atoms with van der Waals surface area (Å²) in [5.74, 6) is -0.494. The lowest BCUT2D eigenvalue weighted by molar-refractivity contribution is -0.384. The number of non-ortho nitro benzene ring substituents is 1. The second kappa shape index (κ2) is 8.32. The van der Waals surface area contributed by atoms with Gasteiger partial charge in [0.05, 0.1) is 4.92 Å². The number of hydrogen-bond donors (Lipinski definition) is 2. The molecule has 0 atom stereocenters. The molecule has 0 spiro atoms. The van der Waals surface area contributed by atoms with Gasteiger partial charge in [0.25, 0.3) is 11.6 Å². The number of aryl methyl sites for hydroxylation is 1. The Hall–Kier alpha value is -4.38. The number of anilines is 1. The lowest BCUT2D eigenvalue weighted by atomic mass is 10.1. The molecule has 1 aromatic heterocycles. The van der Waals surface area contributed by atoms with Crippen LogP contribution in [0.2, 0.25) is 0 Å². The van der Waals surface area contributed by atoms with Crippen LogP contribution in [0.5, 0.6) is 5.75 Å². The summed E-state index contributed by atoms with van der Waals surface area (Å²) in [7, 11) is 0. The molecule has 0 bridgehead atoms. The third-order valence-corrected chi connectivity index (χ3v) is 4.58. The molecular weight excluding hydrogens is 384 g/mol. The zero-order valence-corrected chi connectivity index (χ0v) is 16.3. The van der Waals surface area contributed by atoms with Crippen LogP contribution in [0.25, 0.3) is 11.8 Å². The average molecular weight is 402 g/mol. The average Bonchev–Trinajstić information content (AvgIpc) is 3.00. The monoisotopic (exact) mass is 402 g/mol. The van der Waals surface area contributed by atoms with Crippen molar-refractivity contribution in [3.05, 3.63) is 87.2 Å². The number of phenolic OH excluding ortho intramolecular Hbond substituents is 1. The Balaban J connectivity index is 1.91. The molecule has 8 heteroatoms. The zero-order valence-electron chi connectivity index (χ0n) is 16.3. The van der Waals surface area contributed by atoms with Crippen molar-refractivity contribution >= 4 is 23.4 Å². The van der Waals surface area contributed by atoms with Gasteiger partial charge in [0.2, 0.25) is 0 Å². The van der Waals surface area contributed by atoms with Crippen LogP contribution in [-0.2, 0) is 4.79 Å². The van der Waals surface area contributed by atoms with Crippen molar-refractivity contribution in [1.29, 1.82) is 5.26 Å². The minimum absolute atomic E-state index is 0.000926. The molecule has 0 saturated heterocycles. The lowest BCUT2D eigenvalue weighted by Gasteiger charge is -2.09. The molecule has 3 rings (SSSR count). The van der Waals surface area contributed by atoms with E-state index in [-0.39, 0.29) is 17.0 Å². The third-order valence-electron chi connectivity index (χ3n) is 4.58. The highest BCUT2D eigenvalue weighted by Crippen LogP contribution is 2.24. The van der Waals surface area contributed by atoms with E-state index >= 15 is 0 Å². The summed E-state index contributed by atoms with van der Waals surface area (Å²) in [4.78, 5) is 22.9. The largest absolute Gasteiger partial charge is 0.508 e. The zero-order chi connectivity index (χ0) is 21.8. The number of benzene rings is 2. The van der Waals surface area contributed by atoms with E-state index in [0.717, 1.165) is 17.1 Å². The first-order valence-electron chi connectivity index (χ1n) is 8.96. The predicted molar refractivity (Wildman–Crippen MR) is 112 cm³/mol. The first kappa shape index (κ1) is 20.4. The van der Waals surface area contributed by atoms with Gasteiger partial charge in [-0.25, -0.2) is 0 Å². The van der Waals surface area contributed by atoms with Crippen LogP contribution >= 0.6 is 0 Å². The fourth-order valence-corrected chi connectivity index (χ4v) is 3.10. The predicted octanol–water partition coefficient (Wildman–Crippen LogP) is 4.25. The van der Waals surface area contributed by atoms with Crippen LogP contribution in [0.3, 0.4) is 0 Å². The van der Waals surface area contributed by atoms with Crippen molar-refractivity contribution in [3.8, 4) is 17.5 Å². The molecule has 2 N–H and O–H groups in total. The number of nitriles is 1. The Morgan fingerprint density at radius 2 is 1.80 bits per heavy atom. The van der Waals surface area contributed by atoms with Gasteiger partial charge in [0.15, 0.2) is 0 Å². The van der Waals surface area contributed by atoms with Crippen LogP contribution in [-0.4, -0.2) is 20.5 Å². The summed E-state index contributed by atoms with van der Waals surface area (Å²) >= 11 is 0. The molecule has 3 aromatic rings. The number of nitro groups is 1. The Bertz CT molecular complexity index is 1180. The normalized spacial score (nSPS) is 11.0. The van der Waals surface area contributed by atoms with E-state index in [1.807, 2.05) is 30.6 Å². The highest BCUT2D eigenvalue weighted by molar-refractivity contribution is 6.09. The first-order chi connectivity index (χ1) is 14.3. The fourth-order valence-electron chi connectivity index (χ4n) is 3.10. The van der Waals surface area contributed by atoms with E-state index in [1.165, 1.54) is 42.5 Å². The van der Waals surface area contributed by atoms with Crippen molar-refractivity contribution in [2.75, 3.05) is 5.32 Å². The highest BCUT2D eigenvalue weighted by Gasteiger charge is 2.15. The van der Waals surface area contributed by atoms with Gasteiger partial charge in [-0.1, -0.05) is 0 Å². The third kappa shape index (κ3) is 4.20. The maximum absolute atomic E-state index is 12.5. The van der Waals surface area contributed by atoms with Crippen LogP contribution in [0.1, 0.15) is 17.0 Å². The smallest absolute Gasteiger partial charge is 0.269 e. The Kier molecular flexibility index (Phi) is 5.65. The fraction of sp³-hybridized carbons (Fsp3) is 0.0909. The quantitative estimate of drug-likeness (QED) is 0.217. The molecule has 30 heavy (non-hydrogen) atoms. The van der Waals surface area contributed by atoms with Crippen molar-refractivity contribution < 1.29 is 14.8 Å². The van der Waals surface area contributed by atoms with E-state index in [0.29, 0.717) is 11.3 Å². The SMILES string of the molecule is Cc1cc(/C=C(\C#N)C(=O)Nc2ccc(O)cc2)c(C)n1-c1ccc([N+](=O)[O-])cc1. The second-order valence-corrected chi connectivity index (χ2v) is 6.61. The summed E-state index contributed by atoms with van der Waals surface area (Å²) in [6.45, 7) is 3.71. The number of carbonyl (C=O) groups is 1. The van der Waals surface area contributed by atoms with E-state index < -0.39 is 10.8 Å². The van der Waals surface area contributed by atoms with Crippen LogP contribution in [0.15, 0.2) is 60.2 Å². The van der Waals surface area contributed by atoms with Gasteiger partial charge in [-0.3, -0.25) is 14.9 Å².